The van der Waals surface area contributed by atoms with Crippen LogP contribution < -0.4 is 4.74 Å². The molecule has 2 nitrogen and oxygen atoms in total. The van der Waals surface area contributed by atoms with Crippen LogP contribution in [0.5, 0.6) is 5.75 Å². The number of aliphatic imine (C=N–C) groups is 1. The lowest BCUT2D eigenvalue weighted by atomic mass is 10.0. The Morgan fingerprint density at radius 1 is 0.966 bits per heavy atom. The Hall–Kier alpha value is -2.74. The Balaban J connectivity index is 1.53. The van der Waals surface area contributed by atoms with Gasteiger partial charge in [0.15, 0.2) is 0 Å². The van der Waals surface area contributed by atoms with Crippen LogP contribution >= 0.6 is 11.3 Å². The fourth-order valence-corrected chi connectivity index (χ4v) is 4.28. The average Bonchev–Trinajstić information content (AvgIpc) is 3.30. The van der Waals surface area contributed by atoms with Crippen LogP contribution in [0.2, 0.25) is 0 Å². The second-order valence-electron chi connectivity index (χ2n) is 6.54. The van der Waals surface area contributed by atoms with E-state index in [0.717, 1.165) is 16.0 Å². The molecule has 150 valence electrons. The molecule has 0 amide bonds. The zero-order valence-corrected chi connectivity index (χ0v) is 15.7. The molecule has 0 N–H and O–H groups in total. The maximum absolute atomic E-state index is 14.0. The van der Waals surface area contributed by atoms with Gasteiger partial charge in [0, 0.05) is 10.6 Å². The number of halogens is 5. The highest BCUT2D eigenvalue weighted by atomic mass is 32.1. The van der Waals surface area contributed by atoms with Gasteiger partial charge in [-0.1, -0.05) is 18.2 Å². The fraction of sp³-hybridized carbons (Fsp3) is 0.190. The van der Waals surface area contributed by atoms with Crippen LogP contribution in [0, 0.1) is 11.6 Å². The van der Waals surface area contributed by atoms with Crippen LogP contribution in [0.3, 0.4) is 0 Å². The van der Waals surface area contributed by atoms with E-state index < -0.39 is 18.0 Å². The Bertz CT molecular complexity index is 1040. The molecule has 1 aliphatic heterocycles. The smallest absolute Gasteiger partial charge is 0.406 e. The van der Waals surface area contributed by atoms with Gasteiger partial charge in [-0.25, -0.2) is 8.78 Å². The summed E-state index contributed by atoms with van der Waals surface area (Å²) in [5.41, 5.74) is 1.91. The number of hydrogen-bond donors (Lipinski definition) is 0. The maximum Gasteiger partial charge on any atom is 0.573 e. The predicted octanol–water partition coefficient (Wildman–Crippen LogP) is 6.92. The van der Waals surface area contributed by atoms with E-state index in [1.54, 1.807) is 12.1 Å². The van der Waals surface area contributed by atoms with Crippen molar-refractivity contribution in [2.45, 2.75) is 25.2 Å². The number of hydrogen-bond acceptors (Lipinski definition) is 3. The third-order valence-electron chi connectivity index (χ3n) is 4.59. The van der Waals surface area contributed by atoms with Crippen LogP contribution in [0.1, 0.15) is 29.3 Å². The molecule has 1 atom stereocenters. The summed E-state index contributed by atoms with van der Waals surface area (Å²) in [6, 6.07) is 11.1. The van der Waals surface area contributed by atoms with E-state index in [-0.39, 0.29) is 17.4 Å². The molecular weight excluding hydrogens is 409 g/mol. The lowest BCUT2D eigenvalue weighted by molar-refractivity contribution is -0.274. The van der Waals surface area contributed by atoms with Gasteiger partial charge in [-0.05, 0) is 59.7 Å². The van der Waals surface area contributed by atoms with E-state index in [1.807, 2.05) is 11.4 Å². The topological polar surface area (TPSA) is 21.6 Å². The lowest BCUT2D eigenvalue weighted by Crippen LogP contribution is -2.16. The molecule has 1 aliphatic rings. The first kappa shape index (κ1) is 19.6. The van der Waals surface area contributed by atoms with Gasteiger partial charge in [0.1, 0.15) is 17.4 Å². The quantitative estimate of drug-likeness (QED) is 0.418. The third kappa shape index (κ3) is 4.32. The Kier molecular flexibility index (Phi) is 5.12. The predicted molar refractivity (Wildman–Crippen MR) is 101 cm³/mol. The molecule has 0 saturated carbocycles. The molecule has 1 aromatic heterocycles. The number of thiophene rings is 1. The van der Waals surface area contributed by atoms with E-state index in [1.165, 1.54) is 41.7 Å². The lowest BCUT2D eigenvalue weighted by Gasteiger charge is -2.08. The standard InChI is InChI=1S/C21H14F5NOS/c22-15-2-1-3-16(23)20(15)18-9-8-17(27-18)19-10-13(11-29-19)12-4-6-14(7-5-12)28-21(24,25)26/h1-7,10-11,17H,8-9H2. The first-order valence-electron chi connectivity index (χ1n) is 8.76. The fourth-order valence-electron chi connectivity index (χ4n) is 3.29. The summed E-state index contributed by atoms with van der Waals surface area (Å²) in [6.07, 6.45) is -3.62. The molecule has 3 aromatic rings. The van der Waals surface area contributed by atoms with Crippen molar-refractivity contribution in [3.8, 4) is 16.9 Å². The highest BCUT2D eigenvalue weighted by molar-refractivity contribution is 7.10. The van der Waals surface area contributed by atoms with Crippen molar-refractivity contribution < 1.29 is 26.7 Å². The van der Waals surface area contributed by atoms with Crippen LogP contribution in [-0.4, -0.2) is 12.1 Å². The molecule has 0 spiro atoms. The summed E-state index contributed by atoms with van der Waals surface area (Å²) in [5.74, 6) is -1.54. The Morgan fingerprint density at radius 2 is 1.66 bits per heavy atom. The van der Waals surface area contributed by atoms with Gasteiger partial charge in [0.25, 0.3) is 0 Å². The molecule has 0 aliphatic carbocycles. The monoisotopic (exact) mass is 423 g/mol. The number of alkyl halides is 3. The molecule has 4 rings (SSSR count). The van der Waals surface area contributed by atoms with Gasteiger partial charge >= 0.3 is 6.36 Å². The SMILES string of the molecule is Fc1cccc(F)c1C1=NC(c2cc(-c3ccc(OC(F)(F)F)cc3)cs2)CC1. The summed E-state index contributed by atoms with van der Waals surface area (Å²) < 4.78 is 68.7. The summed E-state index contributed by atoms with van der Waals surface area (Å²) in [7, 11) is 0. The van der Waals surface area contributed by atoms with Gasteiger partial charge in [0.2, 0.25) is 0 Å². The number of nitrogens with zero attached hydrogens (tertiary/aromatic N) is 1. The van der Waals surface area contributed by atoms with Crippen molar-refractivity contribution in [3.05, 3.63) is 76.0 Å². The van der Waals surface area contributed by atoms with Crippen molar-refractivity contribution in [2.24, 2.45) is 4.99 Å². The molecule has 8 heteroatoms. The van der Waals surface area contributed by atoms with Gasteiger partial charge in [-0.3, -0.25) is 4.99 Å². The van der Waals surface area contributed by atoms with Crippen molar-refractivity contribution in [1.82, 2.24) is 0 Å². The third-order valence-corrected chi connectivity index (χ3v) is 5.62. The molecule has 2 aromatic carbocycles. The minimum Gasteiger partial charge on any atom is -0.406 e. The van der Waals surface area contributed by atoms with Crippen molar-refractivity contribution in [2.75, 3.05) is 0 Å². The van der Waals surface area contributed by atoms with Gasteiger partial charge in [0.05, 0.1) is 11.6 Å². The van der Waals surface area contributed by atoms with Gasteiger partial charge in [-0.15, -0.1) is 24.5 Å². The first-order valence-corrected chi connectivity index (χ1v) is 9.64. The molecule has 2 heterocycles. The van der Waals surface area contributed by atoms with Gasteiger partial charge < -0.3 is 4.74 Å². The average molecular weight is 423 g/mol. The minimum atomic E-state index is -4.73. The molecular formula is C21H14F5NOS. The summed E-state index contributed by atoms with van der Waals surface area (Å²) >= 11 is 1.46. The van der Waals surface area contributed by atoms with Crippen LogP contribution in [0.4, 0.5) is 22.0 Å². The highest BCUT2D eigenvalue weighted by Crippen LogP contribution is 2.38. The maximum atomic E-state index is 14.0. The molecule has 0 bridgehead atoms. The van der Waals surface area contributed by atoms with E-state index in [9.17, 15) is 22.0 Å². The molecule has 0 fully saturated rings. The van der Waals surface area contributed by atoms with E-state index in [2.05, 4.69) is 9.73 Å². The second-order valence-corrected chi connectivity index (χ2v) is 7.48. The summed E-state index contributed by atoms with van der Waals surface area (Å²) in [5, 5.41) is 1.88. The number of benzene rings is 2. The minimum absolute atomic E-state index is 0.0768. The van der Waals surface area contributed by atoms with Crippen molar-refractivity contribution in [3.63, 3.8) is 0 Å². The van der Waals surface area contributed by atoms with Gasteiger partial charge in [-0.2, -0.15) is 0 Å². The van der Waals surface area contributed by atoms with Crippen LogP contribution in [0.25, 0.3) is 11.1 Å². The van der Waals surface area contributed by atoms with Crippen LogP contribution in [-0.2, 0) is 0 Å². The second kappa shape index (κ2) is 7.59. The highest BCUT2D eigenvalue weighted by Gasteiger charge is 2.31. The molecule has 29 heavy (non-hydrogen) atoms. The Labute approximate surface area is 167 Å². The van der Waals surface area contributed by atoms with E-state index in [4.69, 9.17) is 0 Å². The zero-order chi connectivity index (χ0) is 20.6. The number of ether oxygens (including phenoxy) is 1. The molecule has 0 saturated heterocycles. The normalized spacial score (nSPS) is 16.7. The summed E-state index contributed by atoms with van der Waals surface area (Å²) in [6.45, 7) is 0. The van der Waals surface area contributed by atoms with Crippen molar-refractivity contribution in [1.29, 1.82) is 0 Å². The van der Waals surface area contributed by atoms with E-state index in [0.29, 0.717) is 18.6 Å². The Morgan fingerprint density at radius 3 is 2.31 bits per heavy atom. The van der Waals surface area contributed by atoms with E-state index >= 15 is 0 Å². The number of rotatable bonds is 4. The largest absolute Gasteiger partial charge is 0.573 e. The van der Waals surface area contributed by atoms with Crippen molar-refractivity contribution >= 4 is 17.0 Å². The molecule has 1 unspecified atom stereocenters. The van der Waals surface area contributed by atoms with Crippen LogP contribution in [0.15, 0.2) is 58.9 Å². The zero-order valence-electron chi connectivity index (χ0n) is 14.8. The molecule has 0 radical (unpaired) electrons. The first-order chi connectivity index (χ1) is 13.8. The summed E-state index contributed by atoms with van der Waals surface area (Å²) in [4.78, 5) is 5.45.